The van der Waals surface area contributed by atoms with Gasteiger partial charge in [0.2, 0.25) is 5.89 Å². The summed E-state index contributed by atoms with van der Waals surface area (Å²) in [7, 11) is 0. The van der Waals surface area contributed by atoms with Gasteiger partial charge in [-0.05, 0) is 37.1 Å². The summed E-state index contributed by atoms with van der Waals surface area (Å²) in [6, 6.07) is 10.3. The van der Waals surface area contributed by atoms with Gasteiger partial charge in [-0.2, -0.15) is 10.1 Å². The third-order valence-electron chi connectivity index (χ3n) is 4.35. The maximum atomic E-state index is 5.27. The van der Waals surface area contributed by atoms with E-state index in [9.17, 15) is 0 Å². The van der Waals surface area contributed by atoms with Crippen molar-refractivity contribution in [3.63, 3.8) is 0 Å². The second kappa shape index (κ2) is 10.4. The summed E-state index contributed by atoms with van der Waals surface area (Å²) in [6.07, 6.45) is 5.26. The van der Waals surface area contributed by atoms with Gasteiger partial charge in [0.05, 0.1) is 12.2 Å². The SMILES string of the molecule is CCNC(=NCCc1nc(C(C)C)no1)NCCc1ccc(-n2cccn2)cc1. The van der Waals surface area contributed by atoms with Crippen LogP contribution in [-0.4, -0.2) is 45.5 Å². The first-order valence-electron chi connectivity index (χ1n) is 10.1. The van der Waals surface area contributed by atoms with Gasteiger partial charge in [-0.15, -0.1) is 0 Å². The lowest BCUT2D eigenvalue weighted by Crippen LogP contribution is -2.38. The average molecular weight is 396 g/mol. The maximum Gasteiger partial charge on any atom is 0.228 e. The summed E-state index contributed by atoms with van der Waals surface area (Å²) in [5.41, 5.74) is 2.32. The predicted molar refractivity (Wildman–Crippen MR) is 113 cm³/mol. The predicted octanol–water partition coefficient (Wildman–Crippen LogP) is 2.72. The van der Waals surface area contributed by atoms with E-state index in [1.807, 2.05) is 30.8 Å². The minimum Gasteiger partial charge on any atom is -0.357 e. The fourth-order valence-electron chi connectivity index (χ4n) is 2.77. The zero-order chi connectivity index (χ0) is 20.5. The molecule has 2 N–H and O–H groups in total. The van der Waals surface area contributed by atoms with E-state index in [1.54, 1.807) is 6.20 Å². The van der Waals surface area contributed by atoms with Crippen LogP contribution < -0.4 is 10.6 Å². The molecule has 0 saturated heterocycles. The molecule has 0 aliphatic rings. The first-order chi connectivity index (χ1) is 14.2. The molecule has 0 atom stereocenters. The molecule has 0 amide bonds. The monoisotopic (exact) mass is 395 g/mol. The fourth-order valence-corrected chi connectivity index (χ4v) is 2.77. The molecular weight excluding hydrogens is 366 g/mol. The van der Waals surface area contributed by atoms with Crippen molar-refractivity contribution in [3.05, 3.63) is 60.0 Å². The summed E-state index contributed by atoms with van der Waals surface area (Å²) < 4.78 is 7.12. The van der Waals surface area contributed by atoms with E-state index in [2.05, 4.69) is 62.1 Å². The summed E-state index contributed by atoms with van der Waals surface area (Å²) in [4.78, 5) is 8.98. The van der Waals surface area contributed by atoms with Gasteiger partial charge in [0.25, 0.3) is 0 Å². The smallest absolute Gasteiger partial charge is 0.228 e. The van der Waals surface area contributed by atoms with Crippen LogP contribution in [-0.2, 0) is 12.8 Å². The lowest BCUT2D eigenvalue weighted by Gasteiger charge is -2.11. The normalized spacial score (nSPS) is 11.8. The molecule has 0 aliphatic carbocycles. The van der Waals surface area contributed by atoms with Crippen molar-refractivity contribution in [1.82, 2.24) is 30.6 Å². The van der Waals surface area contributed by atoms with Gasteiger partial charge in [-0.1, -0.05) is 31.1 Å². The minimum atomic E-state index is 0.267. The molecule has 0 fully saturated rings. The number of guanidine groups is 1. The zero-order valence-corrected chi connectivity index (χ0v) is 17.3. The lowest BCUT2D eigenvalue weighted by atomic mass is 10.1. The van der Waals surface area contributed by atoms with E-state index in [1.165, 1.54) is 5.56 Å². The Hall–Kier alpha value is -3.16. The van der Waals surface area contributed by atoms with Crippen LogP contribution >= 0.6 is 0 Å². The van der Waals surface area contributed by atoms with Gasteiger partial charge in [-0.3, -0.25) is 4.99 Å². The van der Waals surface area contributed by atoms with E-state index in [0.717, 1.165) is 37.0 Å². The molecule has 0 radical (unpaired) electrons. The van der Waals surface area contributed by atoms with Crippen LogP contribution in [0, 0.1) is 0 Å². The molecule has 3 rings (SSSR count). The van der Waals surface area contributed by atoms with Crippen LogP contribution in [0.1, 0.15) is 44.0 Å². The van der Waals surface area contributed by atoms with Gasteiger partial charge in [-0.25, -0.2) is 4.68 Å². The van der Waals surface area contributed by atoms with Crippen molar-refractivity contribution in [3.8, 4) is 5.69 Å². The Kier molecular flexibility index (Phi) is 7.38. The van der Waals surface area contributed by atoms with E-state index in [0.29, 0.717) is 18.9 Å². The van der Waals surface area contributed by atoms with Crippen molar-refractivity contribution in [2.45, 2.75) is 39.5 Å². The fraction of sp³-hybridized carbons (Fsp3) is 0.429. The first kappa shape index (κ1) is 20.6. The van der Waals surface area contributed by atoms with Gasteiger partial charge in [0.1, 0.15) is 0 Å². The van der Waals surface area contributed by atoms with E-state index in [-0.39, 0.29) is 5.92 Å². The third kappa shape index (κ3) is 6.17. The molecule has 0 unspecified atom stereocenters. The van der Waals surface area contributed by atoms with Crippen LogP contribution in [0.3, 0.4) is 0 Å². The Bertz CT molecular complexity index is 882. The second-order valence-corrected chi connectivity index (χ2v) is 7.01. The minimum absolute atomic E-state index is 0.267. The number of nitrogens with zero attached hydrogens (tertiary/aromatic N) is 5. The van der Waals surface area contributed by atoms with Crippen LogP contribution in [0.25, 0.3) is 5.69 Å². The van der Waals surface area contributed by atoms with E-state index >= 15 is 0 Å². The highest BCUT2D eigenvalue weighted by atomic mass is 16.5. The zero-order valence-electron chi connectivity index (χ0n) is 17.3. The highest BCUT2D eigenvalue weighted by Crippen LogP contribution is 2.10. The first-order valence-corrected chi connectivity index (χ1v) is 10.1. The molecule has 2 aromatic heterocycles. The molecule has 0 bridgehead atoms. The molecule has 29 heavy (non-hydrogen) atoms. The molecule has 8 nitrogen and oxygen atoms in total. The number of aliphatic imine (C=N–C) groups is 1. The maximum absolute atomic E-state index is 5.27. The van der Waals surface area contributed by atoms with E-state index < -0.39 is 0 Å². The highest BCUT2D eigenvalue weighted by molar-refractivity contribution is 5.79. The largest absolute Gasteiger partial charge is 0.357 e. The van der Waals surface area contributed by atoms with Crippen molar-refractivity contribution in [2.75, 3.05) is 19.6 Å². The number of rotatable bonds is 9. The van der Waals surface area contributed by atoms with Crippen LogP contribution in [0.5, 0.6) is 0 Å². The quantitative estimate of drug-likeness (QED) is 0.427. The number of benzene rings is 1. The van der Waals surface area contributed by atoms with Crippen LogP contribution in [0.15, 0.2) is 52.2 Å². The average Bonchev–Trinajstić information content (AvgIpc) is 3.41. The van der Waals surface area contributed by atoms with Crippen LogP contribution in [0.2, 0.25) is 0 Å². The summed E-state index contributed by atoms with van der Waals surface area (Å²) in [6.45, 7) is 8.34. The van der Waals surface area contributed by atoms with Crippen molar-refractivity contribution in [1.29, 1.82) is 0 Å². The molecule has 0 aliphatic heterocycles. The molecule has 0 spiro atoms. The molecule has 2 heterocycles. The van der Waals surface area contributed by atoms with Gasteiger partial charge >= 0.3 is 0 Å². The summed E-state index contributed by atoms with van der Waals surface area (Å²) >= 11 is 0. The van der Waals surface area contributed by atoms with Crippen molar-refractivity contribution in [2.24, 2.45) is 4.99 Å². The molecule has 154 valence electrons. The molecule has 3 aromatic rings. The number of hydrogen-bond donors (Lipinski definition) is 2. The second-order valence-electron chi connectivity index (χ2n) is 7.01. The summed E-state index contributed by atoms with van der Waals surface area (Å²) in [5, 5.41) is 14.9. The molecule has 1 aromatic carbocycles. The Labute approximate surface area is 171 Å². The van der Waals surface area contributed by atoms with Gasteiger partial charge in [0, 0.05) is 37.8 Å². The Balaban J connectivity index is 1.46. The summed E-state index contributed by atoms with van der Waals surface area (Å²) in [5.74, 6) is 2.44. The third-order valence-corrected chi connectivity index (χ3v) is 4.35. The Morgan fingerprint density at radius 2 is 2.00 bits per heavy atom. The number of nitrogens with one attached hydrogen (secondary N) is 2. The Morgan fingerprint density at radius 1 is 1.17 bits per heavy atom. The van der Waals surface area contributed by atoms with Gasteiger partial charge in [0.15, 0.2) is 11.8 Å². The molecule has 8 heteroatoms. The standard InChI is InChI=1S/C21H29N7O/c1-4-22-21(24-14-11-19-26-20(16(2)3)27-29-19)23-13-10-17-6-8-18(9-7-17)28-15-5-12-25-28/h5-9,12,15-16H,4,10-11,13-14H2,1-3H3,(H2,22,23,24). The van der Waals surface area contributed by atoms with Gasteiger partial charge < -0.3 is 15.2 Å². The number of hydrogen-bond acceptors (Lipinski definition) is 5. The van der Waals surface area contributed by atoms with Crippen molar-refractivity contribution < 1.29 is 4.52 Å². The number of aromatic nitrogens is 4. The topological polar surface area (TPSA) is 93.2 Å². The van der Waals surface area contributed by atoms with Crippen LogP contribution in [0.4, 0.5) is 0 Å². The Morgan fingerprint density at radius 3 is 2.66 bits per heavy atom. The van der Waals surface area contributed by atoms with Crippen molar-refractivity contribution >= 4 is 5.96 Å². The molecule has 0 saturated carbocycles. The highest BCUT2D eigenvalue weighted by Gasteiger charge is 2.09. The van der Waals surface area contributed by atoms with E-state index in [4.69, 9.17) is 4.52 Å². The molecular formula is C21H29N7O. The lowest BCUT2D eigenvalue weighted by molar-refractivity contribution is 0.372.